The van der Waals surface area contributed by atoms with E-state index < -0.39 is 0 Å². The molecule has 3 fully saturated rings. The summed E-state index contributed by atoms with van der Waals surface area (Å²) in [5, 5.41) is 0. The van der Waals surface area contributed by atoms with Crippen LogP contribution in [0.25, 0.3) is 0 Å². The van der Waals surface area contributed by atoms with Gasteiger partial charge in [-0.3, -0.25) is 9.97 Å². The second-order valence-electron chi connectivity index (χ2n) is 28.1. The Morgan fingerprint density at radius 3 is 0.845 bits per heavy atom. The Morgan fingerprint density at radius 2 is 0.560 bits per heavy atom. The van der Waals surface area contributed by atoms with Crippen molar-refractivity contribution >= 4 is 0 Å². The first-order chi connectivity index (χ1) is 39.3. The fourth-order valence-corrected chi connectivity index (χ4v) is 7.40. The summed E-state index contributed by atoms with van der Waals surface area (Å²) < 4.78 is 0. The molecule has 0 amide bonds. The Bertz CT molecular complexity index is 3010. The van der Waals surface area contributed by atoms with Crippen molar-refractivity contribution in [2.45, 2.75) is 216 Å². The van der Waals surface area contributed by atoms with Gasteiger partial charge >= 0.3 is 0 Å². The first kappa shape index (κ1) is 68.9. The molecule has 0 aliphatic heterocycles. The molecular formula is C80H98N4. The van der Waals surface area contributed by atoms with Crippen LogP contribution in [0.5, 0.6) is 0 Å². The topological polar surface area (TPSA) is 51.6 Å². The van der Waals surface area contributed by atoms with Crippen LogP contribution in [-0.2, 0) is 32.5 Å². The van der Waals surface area contributed by atoms with Gasteiger partial charge in [-0.15, -0.1) is 11.8 Å². The van der Waals surface area contributed by atoms with Crippen LogP contribution in [0, 0.1) is 88.8 Å². The number of hydrogen-bond donors (Lipinski definition) is 0. The van der Waals surface area contributed by atoms with Crippen LogP contribution in [0.1, 0.15) is 251 Å². The molecule has 4 heterocycles. The molecular weight excluding hydrogens is 1020 g/mol. The fourth-order valence-electron chi connectivity index (χ4n) is 7.40. The molecule has 0 spiro atoms. The van der Waals surface area contributed by atoms with Gasteiger partial charge in [0.05, 0.1) is 0 Å². The van der Waals surface area contributed by atoms with Crippen molar-refractivity contribution in [2.24, 2.45) is 17.8 Å². The molecule has 0 saturated heterocycles. The van der Waals surface area contributed by atoms with Crippen LogP contribution in [0.15, 0.2) is 122 Å². The number of rotatable bonds is 0. The minimum absolute atomic E-state index is 0.123. The number of aromatic nitrogens is 4. The largest absolute Gasteiger partial charge is 0.259 e. The van der Waals surface area contributed by atoms with E-state index in [4.69, 9.17) is 0 Å². The van der Waals surface area contributed by atoms with Crippen LogP contribution >= 0.6 is 0 Å². The third kappa shape index (κ3) is 27.2. The van der Waals surface area contributed by atoms with E-state index in [1.807, 2.05) is 69.8 Å². The molecule has 0 radical (unpaired) electrons. The first-order valence-corrected chi connectivity index (χ1v) is 30.2. The highest BCUT2D eigenvalue weighted by Gasteiger charge is 2.21. The third-order valence-electron chi connectivity index (χ3n) is 13.6. The maximum Gasteiger partial charge on any atom is 0.113 e. The highest BCUT2D eigenvalue weighted by Crippen LogP contribution is 2.30. The monoisotopic (exact) mass is 1110 g/mol. The second-order valence-corrected chi connectivity index (χ2v) is 28.1. The van der Waals surface area contributed by atoms with Gasteiger partial charge < -0.3 is 0 Å². The average Bonchev–Trinajstić information content (AvgIpc) is 4.43. The van der Waals surface area contributed by atoms with Crippen molar-refractivity contribution in [3.63, 3.8) is 0 Å². The van der Waals surface area contributed by atoms with Crippen LogP contribution in [0.4, 0.5) is 0 Å². The zero-order valence-corrected chi connectivity index (χ0v) is 55.3. The van der Waals surface area contributed by atoms with Gasteiger partial charge in [0.1, 0.15) is 11.4 Å². The molecule has 4 aromatic heterocycles. The van der Waals surface area contributed by atoms with E-state index in [2.05, 4.69) is 288 Å². The van der Waals surface area contributed by atoms with Crippen LogP contribution in [0.2, 0.25) is 0 Å². The van der Waals surface area contributed by atoms with Gasteiger partial charge in [0.25, 0.3) is 0 Å². The number of benzene rings is 2. The molecule has 0 N–H and O–H groups in total. The number of nitrogens with zero attached hydrogens (tertiary/aromatic N) is 4. The number of pyridine rings is 4. The zero-order valence-electron chi connectivity index (χ0n) is 55.3. The van der Waals surface area contributed by atoms with Crippen LogP contribution in [-0.4, -0.2) is 19.9 Å². The Morgan fingerprint density at radius 1 is 0.274 bits per heavy atom. The van der Waals surface area contributed by atoms with E-state index >= 15 is 0 Å². The lowest BCUT2D eigenvalue weighted by Gasteiger charge is -2.18. The molecule has 0 bridgehead atoms. The quantitative estimate of drug-likeness (QED) is 0.142. The highest BCUT2D eigenvalue weighted by molar-refractivity contribution is 5.40. The Hall–Kier alpha value is -7.60. The lowest BCUT2D eigenvalue weighted by atomic mass is 9.87. The lowest BCUT2D eigenvalue weighted by molar-refractivity contribution is 0.568. The molecule has 0 unspecified atom stereocenters. The molecule has 438 valence electrons. The van der Waals surface area contributed by atoms with Gasteiger partial charge in [0.2, 0.25) is 0 Å². The molecule has 0 atom stereocenters. The van der Waals surface area contributed by atoms with E-state index in [0.717, 1.165) is 45.0 Å². The van der Waals surface area contributed by atoms with Crippen molar-refractivity contribution in [3.8, 4) is 71.0 Å². The SMILES string of the molecule is CC#Cc1ccc(C(C)(C)C)cc1.CC#Cc1ccc(C(C)(C)C)cn1.CC#Cc1ccc(C(C)(C)C)nc1.CC(C)(C)c1ccc(C#CC2CC2)cc1.CC(C)(C)c1ccc(C#CC2CC2)cn1.CC(C)(C)c1ccc(C#CC2CC2)nc1. The van der Waals surface area contributed by atoms with Crippen LogP contribution < -0.4 is 0 Å². The molecule has 3 aliphatic carbocycles. The van der Waals surface area contributed by atoms with Gasteiger partial charge in [-0.2, -0.15) is 0 Å². The van der Waals surface area contributed by atoms with E-state index in [-0.39, 0.29) is 32.5 Å². The molecule has 3 saturated carbocycles. The standard InChI is InChI=1S/C15H18.2C14H17N.C13H16.2C12H15N/c1-15(2,3)14-10-8-13(9-11-14)7-6-12-4-5-12;1-14(2,3)12-7-9-13(15-10-12)8-6-11-4-5-11;1-14(2,3)13-9-8-12(10-15-13)7-6-11-4-5-11;1-5-6-11-7-9-12(10-8-11)13(2,3)4;1-5-6-11-8-7-10(9-13-11)12(2,3)4;1-5-6-10-7-8-11(13-9-10)12(2,3)4/h8-12H,4-5H2,1-3H3;7,9-11H,4-5H2,1-3H3;8-11H,4-5H2,1-3H3;7-10H,1-4H3;2*7-9H,1-4H3. The molecule has 9 rings (SSSR count). The van der Waals surface area contributed by atoms with Crippen molar-refractivity contribution < 1.29 is 0 Å². The summed E-state index contributed by atoms with van der Waals surface area (Å²) in [5.74, 6) is 38.8. The highest BCUT2D eigenvalue weighted by atomic mass is 14.7. The molecule has 4 heteroatoms. The first-order valence-electron chi connectivity index (χ1n) is 30.2. The summed E-state index contributed by atoms with van der Waals surface area (Å²) in [6.07, 6.45) is 15.3. The predicted octanol–water partition coefficient (Wildman–Crippen LogP) is 18.9. The maximum atomic E-state index is 4.45. The van der Waals surface area contributed by atoms with Gasteiger partial charge in [0.15, 0.2) is 0 Å². The van der Waals surface area contributed by atoms with Crippen LogP contribution in [0.3, 0.4) is 0 Å². The summed E-state index contributed by atoms with van der Waals surface area (Å²) >= 11 is 0. The smallest absolute Gasteiger partial charge is 0.113 e. The molecule has 6 aromatic rings. The second kappa shape index (κ2) is 31.3. The molecule has 2 aromatic carbocycles. The van der Waals surface area contributed by atoms with E-state index in [1.54, 1.807) is 0 Å². The summed E-state index contributed by atoms with van der Waals surface area (Å²) in [7, 11) is 0. The van der Waals surface area contributed by atoms with Crippen molar-refractivity contribution in [2.75, 3.05) is 0 Å². The zero-order chi connectivity index (χ0) is 62.4. The lowest BCUT2D eigenvalue weighted by Crippen LogP contribution is -2.12. The summed E-state index contributed by atoms with van der Waals surface area (Å²) in [6.45, 7) is 44.9. The van der Waals surface area contributed by atoms with E-state index in [9.17, 15) is 0 Å². The minimum atomic E-state index is 0.123. The van der Waals surface area contributed by atoms with Crippen molar-refractivity contribution in [1.29, 1.82) is 0 Å². The summed E-state index contributed by atoms with van der Waals surface area (Å²) in [4.78, 5) is 17.4. The van der Waals surface area contributed by atoms with E-state index in [1.165, 1.54) is 60.8 Å². The van der Waals surface area contributed by atoms with Crippen molar-refractivity contribution in [3.05, 3.63) is 189 Å². The Labute approximate surface area is 511 Å². The summed E-state index contributed by atoms with van der Waals surface area (Å²) in [6, 6.07) is 33.5. The number of hydrogen-bond acceptors (Lipinski definition) is 4. The predicted molar refractivity (Wildman–Crippen MR) is 358 cm³/mol. The average molecular weight is 1120 g/mol. The maximum absolute atomic E-state index is 4.45. The Balaban J connectivity index is 0.000000217. The van der Waals surface area contributed by atoms with Gasteiger partial charge in [-0.25, -0.2) is 9.97 Å². The summed E-state index contributed by atoms with van der Waals surface area (Å²) in [5.41, 5.74) is 14.5. The van der Waals surface area contributed by atoms with Gasteiger partial charge in [-0.05, 0) is 176 Å². The molecule has 4 nitrogen and oxygen atoms in total. The van der Waals surface area contributed by atoms with Crippen molar-refractivity contribution in [1.82, 2.24) is 19.9 Å². The van der Waals surface area contributed by atoms with E-state index in [0.29, 0.717) is 17.8 Å². The molecule has 3 aliphatic rings. The van der Waals surface area contributed by atoms with Gasteiger partial charge in [0, 0.05) is 87.0 Å². The third-order valence-corrected chi connectivity index (χ3v) is 13.6. The van der Waals surface area contributed by atoms with Gasteiger partial charge in [-0.1, -0.05) is 208 Å². The normalized spacial score (nSPS) is 13.2. The Kier molecular flexibility index (Phi) is 25.7. The fraction of sp³-hybridized carbons (Fsp3) is 0.450. The molecule has 84 heavy (non-hydrogen) atoms. The minimum Gasteiger partial charge on any atom is -0.259 e.